The minimum Gasteiger partial charge on any atom is -0.496 e. The van der Waals surface area contributed by atoms with Crippen LogP contribution < -0.4 is 4.74 Å². The van der Waals surface area contributed by atoms with E-state index in [1.165, 1.54) is 13.8 Å². The highest BCUT2D eigenvalue weighted by Crippen LogP contribution is 2.49. The molecule has 16 heavy (non-hydrogen) atoms. The second-order valence-electron chi connectivity index (χ2n) is 4.92. The molecule has 0 spiro atoms. The van der Waals surface area contributed by atoms with Gasteiger partial charge in [-0.05, 0) is 44.4 Å². The smallest absolute Gasteiger partial charge is 0.130 e. The van der Waals surface area contributed by atoms with E-state index in [0.717, 1.165) is 12.8 Å². The van der Waals surface area contributed by atoms with E-state index >= 15 is 0 Å². The maximum absolute atomic E-state index is 13.8. The van der Waals surface area contributed by atoms with Gasteiger partial charge in [-0.15, -0.1) is 0 Å². The second-order valence-corrected chi connectivity index (χ2v) is 4.92. The highest BCUT2D eigenvalue weighted by molar-refractivity contribution is 5.44. The van der Waals surface area contributed by atoms with Crippen LogP contribution in [0.2, 0.25) is 0 Å². The third-order valence-corrected chi connectivity index (χ3v) is 3.11. The molecule has 0 saturated heterocycles. The van der Waals surface area contributed by atoms with Gasteiger partial charge in [0, 0.05) is 5.56 Å². The van der Waals surface area contributed by atoms with Crippen molar-refractivity contribution in [3.8, 4) is 5.75 Å². The molecule has 1 saturated carbocycles. The fourth-order valence-corrected chi connectivity index (χ4v) is 1.83. The maximum Gasteiger partial charge on any atom is 0.130 e. The van der Waals surface area contributed by atoms with E-state index in [4.69, 9.17) is 4.74 Å². The Hall–Kier alpha value is -1.09. The predicted molar refractivity (Wildman–Crippen MR) is 60.3 cm³/mol. The molecule has 2 rings (SSSR count). The van der Waals surface area contributed by atoms with E-state index in [9.17, 15) is 9.50 Å². The Balaban J connectivity index is 2.48. The summed E-state index contributed by atoms with van der Waals surface area (Å²) < 4.78 is 19.0. The van der Waals surface area contributed by atoms with Crippen molar-refractivity contribution in [2.24, 2.45) is 0 Å². The van der Waals surface area contributed by atoms with Crippen molar-refractivity contribution in [1.29, 1.82) is 0 Å². The average Bonchev–Trinajstić information content (AvgIpc) is 2.95. The molecule has 0 heterocycles. The van der Waals surface area contributed by atoms with Crippen LogP contribution in [0.15, 0.2) is 18.2 Å². The van der Waals surface area contributed by atoms with Gasteiger partial charge in [0.15, 0.2) is 0 Å². The van der Waals surface area contributed by atoms with Gasteiger partial charge >= 0.3 is 0 Å². The maximum atomic E-state index is 13.8. The molecule has 0 aliphatic heterocycles. The second kappa shape index (κ2) is 3.45. The van der Waals surface area contributed by atoms with Crippen LogP contribution in [0.25, 0.3) is 0 Å². The Morgan fingerprint density at radius 2 is 2.00 bits per heavy atom. The lowest BCUT2D eigenvalue weighted by Gasteiger charge is -2.19. The number of benzene rings is 1. The SMILES string of the molecule is COc1ccc(C(C)(C)F)cc1C1(O)CC1. The molecule has 0 radical (unpaired) electrons. The fourth-order valence-electron chi connectivity index (χ4n) is 1.83. The normalized spacial score (nSPS) is 18.3. The first-order valence-corrected chi connectivity index (χ1v) is 5.47. The summed E-state index contributed by atoms with van der Waals surface area (Å²) in [6.07, 6.45) is 1.44. The molecule has 3 heteroatoms. The number of ether oxygens (including phenoxy) is 1. The van der Waals surface area contributed by atoms with E-state index in [1.807, 2.05) is 0 Å². The lowest BCUT2D eigenvalue weighted by molar-refractivity contribution is 0.146. The molecule has 1 N–H and O–H groups in total. The molecule has 1 aromatic carbocycles. The minimum absolute atomic E-state index is 0.573. The summed E-state index contributed by atoms with van der Waals surface area (Å²) in [6, 6.07) is 5.14. The van der Waals surface area contributed by atoms with Crippen LogP contribution >= 0.6 is 0 Å². The van der Waals surface area contributed by atoms with Crippen LogP contribution in [-0.2, 0) is 11.3 Å². The molecule has 1 aliphatic carbocycles. The highest BCUT2D eigenvalue weighted by Gasteiger charge is 2.44. The zero-order valence-corrected chi connectivity index (χ0v) is 9.88. The van der Waals surface area contributed by atoms with Crippen molar-refractivity contribution in [2.75, 3.05) is 7.11 Å². The Labute approximate surface area is 95.1 Å². The summed E-state index contributed by atoms with van der Waals surface area (Å²) in [7, 11) is 1.56. The van der Waals surface area contributed by atoms with Crippen molar-refractivity contribution >= 4 is 0 Å². The lowest BCUT2D eigenvalue weighted by Crippen LogP contribution is -2.13. The Bertz CT molecular complexity index is 403. The molecule has 0 unspecified atom stereocenters. The number of methoxy groups -OCH3 is 1. The Morgan fingerprint density at radius 3 is 2.44 bits per heavy atom. The number of aliphatic hydroxyl groups is 1. The first kappa shape index (κ1) is 11.4. The van der Waals surface area contributed by atoms with Crippen LogP contribution in [0.4, 0.5) is 4.39 Å². The molecule has 0 atom stereocenters. The summed E-state index contributed by atoms with van der Waals surface area (Å²) >= 11 is 0. The van der Waals surface area contributed by atoms with Gasteiger partial charge in [0.2, 0.25) is 0 Å². The van der Waals surface area contributed by atoms with Crippen LogP contribution in [0.1, 0.15) is 37.8 Å². The van der Waals surface area contributed by atoms with Gasteiger partial charge < -0.3 is 9.84 Å². The third-order valence-electron chi connectivity index (χ3n) is 3.11. The van der Waals surface area contributed by atoms with E-state index in [0.29, 0.717) is 16.9 Å². The third kappa shape index (κ3) is 1.92. The number of halogens is 1. The Morgan fingerprint density at radius 1 is 1.38 bits per heavy atom. The van der Waals surface area contributed by atoms with Crippen molar-refractivity contribution in [3.05, 3.63) is 29.3 Å². The van der Waals surface area contributed by atoms with Crippen molar-refractivity contribution in [2.45, 2.75) is 38.0 Å². The zero-order chi connectivity index (χ0) is 12.0. The van der Waals surface area contributed by atoms with Gasteiger partial charge in [0.1, 0.15) is 11.4 Å². The molecule has 2 nitrogen and oxygen atoms in total. The predicted octanol–water partition coefficient (Wildman–Crippen LogP) is 2.88. The zero-order valence-electron chi connectivity index (χ0n) is 9.88. The number of rotatable bonds is 3. The quantitative estimate of drug-likeness (QED) is 0.855. The van der Waals surface area contributed by atoms with Gasteiger partial charge in [-0.1, -0.05) is 6.07 Å². The van der Waals surface area contributed by atoms with E-state index < -0.39 is 11.3 Å². The largest absolute Gasteiger partial charge is 0.496 e. The van der Waals surface area contributed by atoms with Crippen LogP contribution in [0.5, 0.6) is 5.75 Å². The summed E-state index contributed by atoms with van der Waals surface area (Å²) in [5.41, 5.74) is -0.916. The van der Waals surface area contributed by atoms with Crippen molar-refractivity contribution in [1.82, 2.24) is 0 Å². The fraction of sp³-hybridized carbons (Fsp3) is 0.538. The van der Waals surface area contributed by atoms with Gasteiger partial charge in [-0.25, -0.2) is 4.39 Å². The number of hydrogen-bond acceptors (Lipinski definition) is 2. The highest BCUT2D eigenvalue weighted by atomic mass is 19.1. The van der Waals surface area contributed by atoms with Gasteiger partial charge in [-0.2, -0.15) is 0 Å². The standard InChI is InChI=1S/C13H17FO2/c1-12(2,14)9-4-5-11(16-3)10(8-9)13(15)6-7-13/h4-5,8,15H,6-7H2,1-3H3. The number of hydrogen-bond donors (Lipinski definition) is 1. The molecule has 1 aliphatic rings. The molecule has 0 aromatic heterocycles. The molecule has 0 bridgehead atoms. The average molecular weight is 224 g/mol. The van der Waals surface area contributed by atoms with Crippen molar-refractivity contribution in [3.63, 3.8) is 0 Å². The molecule has 1 fully saturated rings. The topological polar surface area (TPSA) is 29.5 Å². The number of alkyl halides is 1. The van der Waals surface area contributed by atoms with Crippen LogP contribution in [-0.4, -0.2) is 12.2 Å². The van der Waals surface area contributed by atoms with E-state index in [1.54, 1.807) is 25.3 Å². The van der Waals surface area contributed by atoms with E-state index in [-0.39, 0.29) is 0 Å². The summed E-state index contributed by atoms with van der Waals surface area (Å²) in [4.78, 5) is 0. The molecule has 88 valence electrons. The molecular formula is C13H17FO2. The molecule has 1 aromatic rings. The molecular weight excluding hydrogens is 207 g/mol. The summed E-state index contributed by atoms with van der Waals surface area (Å²) in [5.74, 6) is 0.632. The van der Waals surface area contributed by atoms with Gasteiger partial charge in [0.25, 0.3) is 0 Å². The molecule has 0 amide bonds. The first-order valence-electron chi connectivity index (χ1n) is 5.47. The first-order chi connectivity index (χ1) is 7.37. The van der Waals surface area contributed by atoms with E-state index in [2.05, 4.69) is 0 Å². The Kier molecular flexibility index (Phi) is 2.46. The summed E-state index contributed by atoms with van der Waals surface area (Å²) in [5, 5.41) is 10.1. The minimum atomic E-state index is -1.40. The van der Waals surface area contributed by atoms with Crippen LogP contribution in [0, 0.1) is 0 Å². The van der Waals surface area contributed by atoms with Gasteiger partial charge in [0.05, 0.1) is 12.7 Å². The van der Waals surface area contributed by atoms with Gasteiger partial charge in [-0.3, -0.25) is 0 Å². The van der Waals surface area contributed by atoms with Crippen molar-refractivity contribution < 1.29 is 14.2 Å². The summed E-state index contributed by atoms with van der Waals surface area (Å²) in [6.45, 7) is 3.02. The monoisotopic (exact) mass is 224 g/mol. The lowest BCUT2D eigenvalue weighted by atomic mass is 9.95. The van der Waals surface area contributed by atoms with Crippen LogP contribution in [0.3, 0.4) is 0 Å².